The van der Waals surface area contributed by atoms with E-state index in [2.05, 4.69) is 15.1 Å². The molecule has 9 heteroatoms. The Kier molecular flexibility index (Phi) is 5.40. The van der Waals surface area contributed by atoms with Crippen LogP contribution in [0, 0.1) is 5.92 Å². The topological polar surface area (TPSA) is 83.9 Å². The highest BCUT2D eigenvalue weighted by Crippen LogP contribution is 2.38. The van der Waals surface area contributed by atoms with E-state index in [0.717, 1.165) is 32.4 Å². The fourth-order valence-electron chi connectivity index (χ4n) is 4.42. The average molecular weight is 407 g/mol. The Morgan fingerprint density at radius 3 is 2.66 bits per heavy atom. The first-order chi connectivity index (χ1) is 13.8. The Morgan fingerprint density at radius 1 is 1.28 bits per heavy atom. The van der Waals surface area contributed by atoms with Gasteiger partial charge in [0.05, 0.1) is 12.2 Å². The number of hydrogen-bond donors (Lipinski definition) is 1. The van der Waals surface area contributed by atoms with Gasteiger partial charge in [0.15, 0.2) is 5.65 Å². The van der Waals surface area contributed by atoms with Crippen LogP contribution in [0.25, 0.3) is 11.0 Å². The summed E-state index contributed by atoms with van der Waals surface area (Å²) in [6.07, 6.45) is 5.22. The van der Waals surface area contributed by atoms with Crippen molar-refractivity contribution in [1.82, 2.24) is 24.6 Å². The zero-order chi connectivity index (χ0) is 20.6. The van der Waals surface area contributed by atoms with Gasteiger partial charge in [0.2, 0.25) is 11.8 Å². The fourth-order valence-corrected chi connectivity index (χ4v) is 4.42. The number of carbonyl (C=O) groups is 1. The summed E-state index contributed by atoms with van der Waals surface area (Å²) in [5.74, 6) is -2.41. The number of piperidine rings is 1. The lowest BCUT2D eigenvalue weighted by Gasteiger charge is -2.29. The minimum atomic E-state index is -2.63. The molecular formula is C20H27F2N5O2. The maximum atomic E-state index is 13.5. The number of rotatable bonds is 4. The van der Waals surface area contributed by atoms with E-state index in [4.69, 9.17) is 0 Å². The van der Waals surface area contributed by atoms with Crippen LogP contribution in [-0.2, 0) is 11.2 Å². The number of alkyl halides is 2. The second-order valence-corrected chi connectivity index (χ2v) is 8.42. The zero-order valence-electron chi connectivity index (χ0n) is 16.7. The molecule has 2 fully saturated rings. The van der Waals surface area contributed by atoms with Crippen LogP contribution in [0.15, 0.2) is 11.0 Å². The molecule has 29 heavy (non-hydrogen) atoms. The number of nitrogens with zero attached hydrogens (tertiary/aromatic N) is 4. The number of aromatic nitrogens is 4. The third-order valence-corrected chi connectivity index (χ3v) is 6.13. The molecular weight excluding hydrogens is 380 g/mol. The third-order valence-electron chi connectivity index (χ3n) is 6.13. The molecule has 1 atom stereocenters. The molecule has 2 aromatic rings. The van der Waals surface area contributed by atoms with E-state index >= 15 is 0 Å². The lowest BCUT2D eigenvalue weighted by atomic mass is 9.92. The van der Waals surface area contributed by atoms with E-state index in [9.17, 15) is 18.4 Å². The molecule has 1 saturated heterocycles. The van der Waals surface area contributed by atoms with Crippen LogP contribution in [0.3, 0.4) is 0 Å². The molecule has 1 saturated carbocycles. The van der Waals surface area contributed by atoms with Crippen molar-refractivity contribution in [3.05, 3.63) is 22.4 Å². The van der Waals surface area contributed by atoms with E-state index in [0.29, 0.717) is 36.1 Å². The average Bonchev–Trinajstić information content (AvgIpc) is 3.12. The van der Waals surface area contributed by atoms with E-state index in [1.165, 1.54) is 6.20 Å². The number of carbonyl (C=O) groups excluding carboxylic acids is 1. The molecule has 1 aliphatic carbocycles. The van der Waals surface area contributed by atoms with Gasteiger partial charge in [-0.1, -0.05) is 6.92 Å². The lowest BCUT2D eigenvalue weighted by Crippen LogP contribution is -2.39. The van der Waals surface area contributed by atoms with E-state index in [-0.39, 0.29) is 36.3 Å². The van der Waals surface area contributed by atoms with E-state index in [1.54, 1.807) is 4.68 Å². The van der Waals surface area contributed by atoms with Crippen molar-refractivity contribution in [3.8, 4) is 0 Å². The van der Waals surface area contributed by atoms with Crippen molar-refractivity contribution in [2.24, 2.45) is 5.92 Å². The summed E-state index contributed by atoms with van der Waals surface area (Å²) < 4.78 is 28.6. The first-order valence-electron chi connectivity index (χ1n) is 10.5. The van der Waals surface area contributed by atoms with Gasteiger partial charge in [-0.15, -0.1) is 0 Å². The smallest absolute Gasteiger partial charge is 0.262 e. The van der Waals surface area contributed by atoms with Gasteiger partial charge in [-0.3, -0.25) is 9.59 Å². The Labute approximate surface area is 167 Å². The quantitative estimate of drug-likeness (QED) is 0.844. The monoisotopic (exact) mass is 407 g/mol. The third kappa shape index (κ3) is 4.18. The van der Waals surface area contributed by atoms with Crippen molar-refractivity contribution in [1.29, 1.82) is 0 Å². The van der Waals surface area contributed by atoms with Crippen LogP contribution < -0.4 is 5.56 Å². The van der Waals surface area contributed by atoms with Gasteiger partial charge in [0.25, 0.3) is 5.56 Å². The van der Waals surface area contributed by atoms with Crippen LogP contribution in [0.4, 0.5) is 8.78 Å². The van der Waals surface area contributed by atoms with Gasteiger partial charge in [-0.25, -0.2) is 18.4 Å². The summed E-state index contributed by atoms with van der Waals surface area (Å²) in [5.41, 5.74) is 0.103. The van der Waals surface area contributed by atoms with Crippen LogP contribution in [-0.4, -0.2) is 49.6 Å². The Hall–Kier alpha value is -2.32. The summed E-state index contributed by atoms with van der Waals surface area (Å²) >= 11 is 0. The summed E-state index contributed by atoms with van der Waals surface area (Å²) in [7, 11) is 0. The van der Waals surface area contributed by atoms with Crippen molar-refractivity contribution in [3.63, 3.8) is 0 Å². The largest absolute Gasteiger partial charge is 0.342 e. The normalized spacial score (nSPS) is 21.4. The molecule has 158 valence electrons. The van der Waals surface area contributed by atoms with Crippen LogP contribution in [0.2, 0.25) is 0 Å². The molecule has 0 aromatic carbocycles. The van der Waals surface area contributed by atoms with Gasteiger partial charge in [0, 0.05) is 38.3 Å². The van der Waals surface area contributed by atoms with Gasteiger partial charge in [0.1, 0.15) is 11.2 Å². The number of amides is 1. The number of halogens is 2. The summed E-state index contributed by atoms with van der Waals surface area (Å²) in [6, 6.07) is -0.193. The standard InChI is InChI=1S/C20H27F2N5O2/c1-13(19(29)26-9-3-2-4-10-26)11-16-24-17-15(18(28)25-16)12-23-27(17)14-5-7-20(21,22)8-6-14/h12-14H,2-11H2,1H3,(H,24,25,28). The van der Waals surface area contributed by atoms with Gasteiger partial charge < -0.3 is 9.88 Å². The molecule has 0 spiro atoms. The molecule has 7 nitrogen and oxygen atoms in total. The zero-order valence-corrected chi connectivity index (χ0v) is 16.7. The van der Waals surface area contributed by atoms with Crippen LogP contribution in [0.5, 0.6) is 0 Å². The molecule has 1 N–H and O–H groups in total. The Balaban J connectivity index is 1.54. The van der Waals surface area contributed by atoms with Crippen molar-refractivity contribution in [2.45, 2.75) is 70.3 Å². The fraction of sp³-hybridized carbons (Fsp3) is 0.700. The molecule has 4 rings (SSSR count). The predicted molar refractivity (Wildman–Crippen MR) is 104 cm³/mol. The Bertz CT molecular complexity index is 938. The van der Waals surface area contributed by atoms with Gasteiger partial charge in [-0.2, -0.15) is 5.10 Å². The molecule has 2 aromatic heterocycles. The number of likely N-dealkylation sites (tertiary alicyclic amines) is 1. The van der Waals surface area contributed by atoms with Crippen molar-refractivity contribution < 1.29 is 13.6 Å². The number of fused-ring (bicyclic) bond motifs is 1. The lowest BCUT2D eigenvalue weighted by molar-refractivity contribution is -0.135. The highest BCUT2D eigenvalue weighted by molar-refractivity contribution is 5.79. The van der Waals surface area contributed by atoms with Crippen molar-refractivity contribution in [2.75, 3.05) is 13.1 Å². The second-order valence-electron chi connectivity index (χ2n) is 8.42. The van der Waals surface area contributed by atoms with Gasteiger partial charge in [-0.05, 0) is 32.1 Å². The highest BCUT2D eigenvalue weighted by atomic mass is 19.3. The summed E-state index contributed by atoms with van der Waals surface area (Å²) in [6.45, 7) is 3.41. The minimum Gasteiger partial charge on any atom is -0.342 e. The van der Waals surface area contributed by atoms with Crippen molar-refractivity contribution >= 4 is 16.9 Å². The SMILES string of the molecule is CC(Cc1nc2c(cnn2C2CCC(F)(F)CC2)c(=O)[nH]1)C(=O)N1CCCCC1. The molecule has 1 aliphatic heterocycles. The Morgan fingerprint density at radius 2 is 1.97 bits per heavy atom. The molecule has 1 unspecified atom stereocenters. The van der Waals surface area contributed by atoms with Crippen LogP contribution >= 0.6 is 0 Å². The summed E-state index contributed by atoms with van der Waals surface area (Å²) in [4.78, 5) is 34.4. The maximum Gasteiger partial charge on any atom is 0.262 e. The number of hydrogen-bond acceptors (Lipinski definition) is 4. The molecule has 0 radical (unpaired) electrons. The van der Waals surface area contributed by atoms with Gasteiger partial charge >= 0.3 is 0 Å². The molecule has 0 bridgehead atoms. The van der Waals surface area contributed by atoms with Crippen LogP contribution in [0.1, 0.15) is 63.7 Å². The molecule has 3 heterocycles. The molecule has 2 aliphatic rings. The first kappa shape index (κ1) is 20.0. The number of H-pyrrole nitrogens is 1. The van der Waals surface area contributed by atoms with E-state index in [1.807, 2.05) is 11.8 Å². The highest BCUT2D eigenvalue weighted by Gasteiger charge is 2.36. The molecule has 1 amide bonds. The van der Waals surface area contributed by atoms with E-state index < -0.39 is 5.92 Å². The second kappa shape index (κ2) is 7.84. The first-order valence-corrected chi connectivity index (χ1v) is 10.5. The predicted octanol–water partition coefficient (Wildman–Crippen LogP) is 3.06. The number of aromatic amines is 1. The minimum absolute atomic E-state index is 0.0791. The number of nitrogens with one attached hydrogen (secondary N) is 1. The summed E-state index contributed by atoms with van der Waals surface area (Å²) in [5, 5.41) is 4.62. The maximum absolute atomic E-state index is 13.5.